The minimum Gasteiger partial charge on any atom is -0.353 e. The number of rotatable bonds is 8. The first-order valence-corrected chi connectivity index (χ1v) is 9.19. The van der Waals surface area contributed by atoms with Crippen molar-refractivity contribution >= 4 is 15.7 Å². The highest BCUT2D eigenvalue weighted by atomic mass is 32.2. The average Bonchev–Trinajstić information content (AvgIpc) is 3.14. The number of amides is 1. The molecule has 0 spiro atoms. The monoisotopic (exact) mass is 287 g/mol. The van der Waals surface area contributed by atoms with Crippen LogP contribution in [0.3, 0.4) is 0 Å². The lowest BCUT2D eigenvalue weighted by Gasteiger charge is -2.17. The lowest BCUT2D eigenvalue weighted by molar-refractivity contribution is -0.121. The summed E-state index contributed by atoms with van der Waals surface area (Å²) in [5.41, 5.74) is 0. The second-order valence-electron chi connectivity index (χ2n) is 6.53. The first-order chi connectivity index (χ1) is 8.87. The van der Waals surface area contributed by atoms with E-state index in [0.717, 1.165) is 0 Å². The van der Waals surface area contributed by atoms with E-state index in [-0.39, 0.29) is 29.8 Å². The lowest BCUT2D eigenvalue weighted by atomic mass is 10.1. The Morgan fingerprint density at radius 3 is 2.11 bits per heavy atom. The van der Waals surface area contributed by atoms with E-state index < -0.39 is 9.84 Å². The van der Waals surface area contributed by atoms with Crippen molar-refractivity contribution in [3.05, 3.63) is 0 Å². The van der Waals surface area contributed by atoms with Crippen molar-refractivity contribution < 1.29 is 13.2 Å². The number of carbonyl (C=O) groups excluding carboxylic acids is 1. The Hall–Kier alpha value is -0.580. The molecule has 1 N–H and O–H groups in total. The molecule has 2 aliphatic carbocycles. The molecule has 0 aromatic carbocycles. The van der Waals surface area contributed by atoms with Gasteiger partial charge < -0.3 is 5.32 Å². The second-order valence-corrected chi connectivity index (χ2v) is 8.76. The van der Waals surface area contributed by atoms with E-state index >= 15 is 0 Å². The molecule has 5 heteroatoms. The van der Waals surface area contributed by atoms with E-state index in [1.807, 2.05) is 13.8 Å². The molecule has 4 nitrogen and oxygen atoms in total. The van der Waals surface area contributed by atoms with Crippen molar-refractivity contribution in [2.24, 2.45) is 17.8 Å². The van der Waals surface area contributed by atoms with Crippen LogP contribution in [0.15, 0.2) is 0 Å². The highest BCUT2D eigenvalue weighted by Gasteiger charge is 2.42. The summed E-state index contributed by atoms with van der Waals surface area (Å²) in [7, 11) is -3.08. The van der Waals surface area contributed by atoms with Gasteiger partial charge in [0.2, 0.25) is 5.91 Å². The zero-order chi connectivity index (χ0) is 14.0. The quantitative estimate of drug-likeness (QED) is 0.740. The minimum atomic E-state index is -3.08. The van der Waals surface area contributed by atoms with Gasteiger partial charge in [0.25, 0.3) is 0 Å². The largest absolute Gasteiger partial charge is 0.353 e. The van der Waals surface area contributed by atoms with Crippen molar-refractivity contribution in [3.63, 3.8) is 0 Å². The van der Waals surface area contributed by atoms with Gasteiger partial charge >= 0.3 is 0 Å². The van der Waals surface area contributed by atoms with Crippen molar-refractivity contribution in [2.75, 3.05) is 11.5 Å². The number of hydrogen-bond donors (Lipinski definition) is 1. The van der Waals surface area contributed by atoms with Crippen molar-refractivity contribution in [1.82, 2.24) is 5.32 Å². The smallest absolute Gasteiger partial charge is 0.221 e. The summed E-state index contributed by atoms with van der Waals surface area (Å²) in [6.07, 6.45) is 4.98. The molecule has 110 valence electrons. The van der Waals surface area contributed by atoms with Gasteiger partial charge in [0.1, 0.15) is 0 Å². The molecule has 0 bridgehead atoms. The van der Waals surface area contributed by atoms with Gasteiger partial charge in [0.15, 0.2) is 9.84 Å². The van der Waals surface area contributed by atoms with Crippen LogP contribution in [0.25, 0.3) is 0 Å². The normalized spacial score (nSPS) is 20.0. The molecular formula is C14H25NO3S. The molecule has 0 aromatic rings. The first kappa shape index (κ1) is 14.8. The van der Waals surface area contributed by atoms with E-state index in [9.17, 15) is 13.2 Å². The summed E-state index contributed by atoms with van der Waals surface area (Å²) in [6, 6.07) is 0.320. The molecule has 0 saturated heterocycles. The Balaban J connectivity index is 1.74. The SMILES string of the molecule is CC(C)CS(=O)(=O)CCC(=O)NC(C1CC1)C1CC1. The summed E-state index contributed by atoms with van der Waals surface area (Å²) < 4.78 is 23.5. The molecule has 0 unspecified atom stereocenters. The standard InChI is InChI=1S/C14H25NO3S/c1-10(2)9-19(17,18)8-7-13(16)15-14(11-3-4-11)12-5-6-12/h10-12,14H,3-9H2,1-2H3,(H,15,16). The third kappa shape index (κ3) is 5.13. The topological polar surface area (TPSA) is 63.2 Å². The van der Waals surface area contributed by atoms with Gasteiger partial charge in [-0.25, -0.2) is 8.42 Å². The molecule has 0 radical (unpaired) electrons. The molecule has 0 heterocycles. The van der Waals surface area contributed by atoms with E-state index in [4.69, 9.17) is 0 Å². The third-order valence-corrected chi connectivity index (χ3v) is 5.82. The van der Waals surface area contributed by atoms with Gasteiger partial charge in [-0.1, -0.05) is 13.8 Å². The van der Waals surface area contributed by atoms with E-state index in [1.165, 1.54) is 25.7 Å². The number of carbonyl (C=O) groups is 1. The Kier molecular flexibility index (Phi) is 4.54. The Bertz CT molecular complexity index is 410. The van der Waals surface area contributed by atoms with Crippen LogP contribution in [0.4, 0.5) is 0 Å². The average molecular weight is 287 g/mol. The summed E-state index contributed by atoms with van der Waals surface area (Å²) in [6.45, 7) is 3.77. The third-order valence-electron chi connectivity index (χ3n) is 3.81. The fourth-order valence-corrected chi connectivity index (χ4v) is 4.31. The van der Waals surface area contributed by atoms with Crippen molar-refractivity contribution in [2.45, 2.75) is 52.0 Å². The summed E-state index contributed by atoms with van der Waals surface area (Å²) in [5, 5.41) is 3.06. The van der Waals surface area contributed by atoms with Gasteiger partial charge in [0, 0.05) is 12.5 Å². The number of hydrogen-bond acceptors (Lipinski definition) is 3. The van der Waals surface area contributed by atoms with Crippen LogP contribution in [-0.4, -0.2) is 31.9 Å². The minimum absolute atomic E-state index is 0.0148. The Labute approximate surface area is 116 Å². The maximum Gasteiger partial charge on any atom is 0.221 e. The van der Waals surface area contributed by atoms with Gasteiger partial charge in [-0.15, -0.1) is 0 Å². The van der Waals surface area contributed by atoms with E-state index in [0.29, 0.717) is 17.9 Å². The summed E-state index contributed by atoms with van der Waals surface area (Å²) >= 11 is 0. The van der Waals surface area contributed by atoms with Crippen LogP contribution in [0.5, 0.6) is 0 Å². The van der Waals surface area contributed by atoms with Crippen LogP contribution in [0.1, 0.15) is 46.0 Å². The fourth-order valence-electron chi connectivity index (χ4n) is 2.63. The molecule has 0 aromatic heterocycles. The number of nitrogens with one attached hydrogen (secondary N) is 1. The predicted molar refractivity (Wildman–Crippen MR) is 75.5 cm³/mol. The Morgan fingerprint density at radius 1 is 1.16 bits per heavy atom. The van der Waals surface area contributed by atoms with Gasteiger partial charge in [-0.3, -0.25) is 4.79 Å². The van der Waals surface area contributed by atoms with Gasteiger partial charge in [-0.05, 0) is 43.4 Å². The predicted octanol–water partition coefficient (Wildman–Crippen LogP) is 1.75. The van der Waals surface area contributed by atoms with Gasteiger partial charge in [0.05, 0.1) is 11.5 Å². The second kappa shape index (κ2) is 5.81. The summed E-state index contributed by atoms with van der Waals surface area (Å²) in [5.74, 6) is 1.51. The van der Waals surface area contributed by atoms with Gasteiger partial charge in [-0.2, -0.15) is 0 Å². The maximum atomic E-state index is 11.9. The number of sulfone groups is 1. The molecule has 2 saturated carbocycles. The van der Waals surface area contributed by atoms with Crippen LogP contribution in [-0.2, 0) is 14.6 Å². The van der Waals surface area contributed by atoms with E-state index in [2.05, 4.69) is 5.32 Å². The van der Waals surface area contributed by atoms with Crippen molar-refractivity contribution in [3.8, 4) is 0 Å². The molecule has 1 amide bonds. The first-order valence-electron chi connectivity index (χ1n) is 7.37. The van der Waals surface area contributed by atoms with E-state index in [1.54, 1.807) is 0 Å². The molecule has 0 atom stereocenters. The highest BCUT2D eigenvalue weighted by molar-refractivity contribution is 7.91. The lowest BCUT2D eigenvalue weighted by Crippen LogP contribution is -2.38. The maximum absolute atomic E-state index is 11.9. The molecule has 2 aliphatic rings. The zero-order valence-corrected chi connectivity index (χ0v) is 12.7. The molecule has 19 heavy (non-hydrogen) atoms. The van der Waals surface area contributed by atoms with Crippen LogP contribution in [0.2, 0.25) is 0 Å². The van der Waals surface area contributed by atoms with Crippen LogP contribution >= 0.6 is 0 Å². The molecule has 0 aliphatic heterocycles. The summed E-state index contributed by atoms with van der Waals surface area (Å²) in [4.78, 5) is 11.9. The molecule has 2 rings (SSSR count). The zero-order valence-electron chi connectivity index (χ0n) is 11.9. The molecular weight excluding hydrogens is 262 g/mol. The van der Waals surface area contributed by atoms with Crippen molar-refractivity contribution in [1.29, 1.82) is 0 Å². The van der Waals surface area contributed by atoms with Crippen LogP contribution < -0.4 is 5.32 Å². The van der Waals surface area contributed by atoms with Crippen LogP contribution in [0, 0.1) is 17.8 Å². The highest BCUT2D eigenvalue weighted by Crippen LogP contribution is 2.44. The Morgan fingerprint density at radius 2 is 1.68 bits per heavy atom. The molecule has 2 fully saturated rings. The fraction of sp³-hybridized carbons (Fsp3) is 0.929.